The number of rotatable bonds is 4. The summed E-state index contributed by atoms with van der Waals surface area (Å²) < 4.78 is 14.2. The predicted molar refractivity (Wildman–Crippen MR) is 89.8 cm³/mol. The van der Waals surface area contributed by atoms with E-state index in [0.717, 1.165) is 56.3 Å². The lowest BCUT2D eigenvalue weighted by Crippen LogP contribution is -2.44. The molecule has 0 bridgehead atoms. The second kappa shape index (κ2) is 6.87. The van der Waals surface area contributed by atoms with Crippen molar-refractivity contribution in [1.82, 2.24) is 24.6 Å². The van der Waals surface area contributed by atoms with Crippen LogP contribution in [-0.2, 0) is 22.6 Å². The van der Waals surface area contributed by atoms with Gasteiger partial charge < -0.3 is 9.47 Å². The molecular formula is C16H23N5O2S. The molecule has 0 amide bonds. The summed E-state index contributed by atoms with van der Waals surface area (Å²) in [7, 11) is 0. The molecule has 0 radical (unpaired) electrons. The van der Waals surface area contributed by atoms with Crippen LogP contribution in [0.2, 0.25) is 0 Å². The van der Waals surface area contributed by atoms with Crippen molar-refractivity contribution in [2.75, 3.05) is 26.3 Å². The third-order valence-electron chi connectivity index (χ3n) is 4.68. The summed E-state index contributed by atoms with van der Waals surface area (Å²) in [6.07, 6.45) is 5.55. The maximum absolute atomic E-state index is 6.44. The quantitative estimate of drug-likeness (QED) is 0.833. The Bertz CT molecular complexity index is 661. The molecule has 2 aromatic heterocycles. The first-order valence-corrected chi connectivity index (χ1v) is 9.30. The summed E-state index contributed by atoms with van der Waals surface area (Å²) in [5, 5.41) is 7.45. The Balaban J connectivity index is 1.40. The Hall–Kier alpha value is -1.35. The zero-order chi connectivity index (χ0) is 16.4. The molecule has 2 aliphatic rings. The molecule has 0 aromatic carbocycles. The largest absolute Gasteiger partial charge is 0.377 e. The van der Waals surface area contributed by atoms with E-state index < -0.39 is 0 Å². The van der Waals surface area contributed by atoms with Gasteiger partial charge in [-0.1, -0.05) is 0 Å². The smallest absolute Gasteiger partial charge is 0.137 e. The molecule has 4 heterocycles. The Morgan fingerprint density at radius 2 is 2.42 bits per heavy atom. The van der Waals surface area contributed by atoms with Crippen LogP contribution in [-0.4, -0.2) is 62.7 Å². The van der Waals surface area contributed by atoms with Gasteiger partial charge in [0.25, 0.3) is 0 Å². The van der Waals surface area contributed by atoms with E-state index >= 15 is 0 Å². The van der Waals surface area contributed by atoms with Crippen LogP contribution in [0.3, 0.4) is 0 Å². The Morgan fingerprint density at radius 3 is 3.21 bits per heavy atom. The second-order valence-electron chi connectivity index (χ2n) is 6.70. The predicted octanol–water partition coefficient (Wildman–Crippen LogP) is 1.49. The molecule has 8 heteroatoms. The fourth-order valence-electron chi connectivity index (χ4n) is 3.61. The van der Waals surface area contributed by atoms with Crippen molar-refractivity contribution in [3.05, 3.63) is 28.7 Å². The molecule has 0 N–H and O–H groups in total. The molecule has 7 nitrogen and oxygen atoms in total. The first-order valence-electron chi connectivity index (χ1n) is 8.42. The molecular weight excluding hydrogens is 326 g/mol. The van der Waals surface area contributed by atoms with Gasteiger partial charge in [-0.25, -0.2) is 9.97 Å². The maximum atomic E-state index is 6.44. The average Bonchev–Trinajstić information content (AvgIpc) is 3.25. The van der Waals surface area contributed by atoms with Crippen LogP contribution in [0, 0.1) is 6.92 Å². The number of hydrogen-bond donors (Lipinski definition) is 0. The highest BCUT2D eigenvalue weighted by molar-refractivity contribution is 7.09. The van der Waals surface area contributed by atoms with Gasteiger partial charge in [-0.2, -0.15) is 5.10 Å². The van der Waals surface area contributed by atoms with E-state index in [4.69, 9.17) is 9.47 Å². The lowest BCUT2D eigenvalue weighted by molar-refractivity contribution is -0.0905. The summed E-state index contributed by atoms with van der Waals surface area (Å²) in [6, 6.07) is 0. The van der Waals surface area contributed by atoms with Gasteiger partial charge in [-0.3, -0.25) is 9.58 Å². The number of ether oxygens (including phenoxy) is 2. The topological polar surface area (TPSA) is 65.3 Å². The molecule has 130 valence electrons. The lowest BCUT2D eigenvalue weighted by Gasteiger charge is -2.31. The molecule has 2 fully saturated rings. The molecule has 0 saturated carbocycles. The minimum Gasteiger partial charge on any atom is -0.377 e. The SMILES string of the molecule is Cc1nc(CN2CCOC[C@]3(CC[C@H](Cn4cncn4)O3)C2)cs1. The molecule has 4 rings (SSSR count). The molecule has 2 saturated heterocycles. The normalized spacial score (nSPS) is 28.5. The Morgan fingerprint density at radius 1 is 1.46 bits per heavy atom. The number of nitrogens with zero attached hydrogens (tertiary/aromatic N) is 5. The van der Waals surface area contributed by atoms with E-state index in [2.05, 4.69) is 32.3 Å². The van der Waals surface area contributed by atoms with Crippen LogP contribution in [0.15, 0.2) is 18.0 Å². The zero-order valence-electron chi connectivity index (χ0n) is 13.9. The lowest BCUT2D eigenvalue weighted by atomic mass is 10.00. The first kappa shape index (κ1) is 16.1. The molecule has 0 aliphatic carbocycles. The second-order valence-corrected chi connectivity index (χ2v) is 7.76. The zero-order valence-corrected chi connectivity index (χ0v) is 14.7. The number of aromatic nitrogens is 4. The van der Waals surface area contributed by atoms with Gasteiger partial charge >= 0.3 is 0 Å². The van der Waals surface area contributed by atoms with Crippen molar-refractivity contribution in [2.24, 2.45) is 0 Å². The van der Waals surface area contributed by atoms with E-state index in [-0.39, 0.29) is 11.7 Å². The van der Waals surface area contributed by atoms with Crippen molar-refractivity contribution in [3.63, 3.8) is 0 Å². The van der Waals surface area contributed by atoms with Crippen molar-refractivity contribution in [1.29, 1.82) is 0 Å². The molecule has 24 heavy (non-hydrogen) atoms. The molecule has 0 unspecified atom stereocenters. The summed E-state index contributed by atoms with van der Waals surface area (Å²) in [5.74, 6) is 0. The monoisotopic (exact) mass is 349 g/mol. The van der Waals surface area contributed by atoms with E-state index in [1.165, 1.54) is 0 Å². The summed E-state index contributed by atoms with van der Waals surface area (Å²) in [4.78, 5) is 11.0. The molecule has 1 spiro atoms. The van der Waals surface area contributed by atoms with E-state index in [0.29, 0.717) is 6.61 Å². The van der Waals surface area contributed by atoms with E-state index in [9.17, 15) is 0 Å². The molecule has 2 aromatic rings. The van der Waals surface area contributed by atoms with Crippen LogP contribution >= 0.6 is 11.3 Å². The average molecular weight is 349 g/mol. The summed E-state index contributed by atoms with van der Waals surface area (Å²) in [6.45, 7) is 6.93. The minimum absolute atomic E-state index is 0.178. The first-order chi connectivity index (χ1) is 11.7. The van der Waals surface area contributed by atoms with Crippen LogP contribution < -0.4 is 0 Å². The third kappa shape index (κ3) is 3.66. The van der Waals surface area contributed by atoms with Gasteiger partial charge in [0.2, 0.25) is 0 Å². The number of hydrogen-bond acceptors (Lipinski definition) is 7. The van der Waals surface area contributed by atoms with Gasteiger partial charge in [0.15, 0.2) is 0 Å². The standard InChI is InChI=1S/C16H23N5O2S/c1-13-19-14(8-24-13)6-20-4-5-22-10-16(9-20)3-2-15(23-16)7-21-12-17-11-18-21/h8,11-12,15H,2-7,9-10H2,1H3/t15-,16+/m1/s1. The highest BCUT2D eigenvalue weighted by Gasteiger charge is 2.43. The number of aryl methyl sites for hydroxylation is 1. The van der Waals surface area contributed by atoms with Crippen LogP contribution in [0.5, 0.6) is 0 Å². The van der Waals surface area contributed by atoms with Crippen molar-refractivity contribution in [3.8, 4) is 0 Å². The highest BCUT2D eigenvalue weighted by Crippen LogP contribution is 2.34. The van der Waals surface area contributed by atoms with Crippen LogP contribution in [0.4, 0.5) is 0 Å². The highest BCUT2D eigenvalue weighted by atomic mass is 32.1. The minimum atomic E-state index is -0.202. The van der Waals surface area contributed by atoms with Gasteiger partial charge in [0, 0.05) is 25.0 Å². The Labute approximate surface area is 145 Å². The number of thiazole rings is 1. The fourth-order valence-corrected chi connectivity index (χ4v) is 4.21. The van der Waals surface area contributed by atoms with Gasteiger partial charge in [0.1, 0.15) is 18.3 Å². The van der Waals surface area contributed by atoms with E-state index in [1.807, 2.05) is 4.68 Å². The van der Waals surface area contributed by atoms with Crippen molar-refractivity contribution < 1.29 is 9.47 Å². The van der Waals surface area contributed by atoms with Gasteiger partial charge in [-0.05, 0) is 19.8 Å². The van der Waals surface area contributed by atoms with Crippen LogP contribution in [0.25, 0.3) is 0 Å². The van der Waals surface area contributed by atoms with Gasteiger partial charge in [-0.15, -0.1) is 11.3 Å². The summed E-state index contributed by atoms with van der Waals surface area (Å²) in [5.41, 5.74) is 0.944. The van der Waals surface area contributed by atoms with E-state index in [1.54, 1.807) is 24.0 Å². The molecule has 2 atom stereocenters. The van der Waals surface area contributed by atoms with Crippen LogP contribution in [0.1, 0.15) is 23.5 Å². The Kier molecular flexibility index (Phi) is 4.62. The molecule has 2 aliphatic heterocycles. The van der Waals surface area contributed by atoms with Gasteiger partial charge in [0.05, 0.1) is 36.6 Å². The van der Waals surface area contributed by atoms with Crippen molar-refractivity contribution in [2.45, 2.75) is 44.6 Å². The fraction of sp³-hybridized carbons (Fsp3) is 0.688. The third-order valence-corrected chi connectivity index (χ3v) is 5.50. The van der Waals surface area contributed by atoms with Crippen molar-refractivity contribution >= 4 is 11.3 Å². The summed E-state index contributed by atoms with van der Waals surface area (Å²) >= 11 is 1.71. The maximum Gasteiger partial charge on any atom is 0.137 e.